The zero-order chi connectivity index (χ0) is 15.8. The SMILES string of the molecule is COCCOCCNc1cc(C(=O)O)cc([N+](=O)[O-])c1C. The van der Waals surface area contributed by atoms with E-state index in [1.165, 1.54) is 6.07 Å². The number of rotatable bonds is 9. The van der Waals surface area contributed by atoms with Crippen molar-refractivity contribution in [2.75, 3.05) is 38.8 Å². The zero-order valence-corrected chi connectivity index (χ0v) is 11.9. The number of anilines is 1. The van der Waals surface area contributed by atoms with Crippen LogP contribution in [-0.4, -0.2) is 49.5 Å². The third-order valence-electron chi connectivity index (χ3n) is 2.82. The van der Waals surface area contributed by atoms with Gasteiger partial charge in [-0.1, -0.05) is 0 Å². The van der Waals surface area contributed by atoms with Crippen LogP contribution in [0.1, 0.15) is 15.9 Å². The molecule has 0 bridgehead atoms. The summed E-state index contributed by atoms with van der Waals surface area (Å²) in [5.74, 6) is -1.21. The number of nitrogens with zero attached hydrogens (tertiary/aromatic N) is 1. The molecule has 8 nitrogen and oxygen atoms in total. The minimum absolute atomic E-state index is 0.130. The molecule has 0 heterocycles. The highest BCUT2D eigenvalue weighted by molar-refractivity contribution is 5.90. The van der Waals surface area contributed by atoms with Crippen molar-refractivity contribution in [3.8, 4) is 0 Å². The Kier molecular flexibility index (Phi) is 6.57. The monoisotopic (exact) mass is 298 g/mol. The van der Waals surface area contributed by atoms with Crippen molar-refractivity contribution in [1.29, 1.82) is 0 Å². The van der Waals surface area contributed by atoms with E-state index in [0.717, 1.165) is 6.07 Å². The lowest BCUT2D eigenvalue weighted by Crippen LogP contribution is -2.13. The van der Waals surface area contributed by atoms with Gasteiger partial charge >= 0.3 is 5.97 Å². The number of nitro groups is 1. The first-order valence-corrected chi connectivity index (χ1v) is 6.30. The lowest BCUT2D eigenvalue weighted by atomic mass is 10.1. The molecule has 1 aromatic carbocycles. The van der Waals surface area contributed by atoms with Gasteiger partial charge in [0.25, 0.3) is 5.69 Å². The molecule has 0 saturated heterocycles. The van der Waals surface area contributed by atoms with Crippen molar-refractivity contribution in [2.45, 2.75) is 6.92 Å². The predicted octanol–water partition coefficient (Wildman–Crippen LogP) is 1.68. The van der Waals surface area contributed by atoms with Gasteiger partial charge in [0.15, 0.2) is 0 Å². The van der Waals surface area contributed by atoms with Crippen LogP contribution in [0.2, 0.25) is 0 Å². The summed E-state index contributed by atoms with van der Waals surface area (Å²) in [7, 11) is 1.57. The second-order valence-corrected chi connectivity index (χ2v) is 4.26. The molecule has 2 N–H and O–H groups in total. The number of carboxylic acids is 1. The van der Waals surface area contributed by atoms with Gasteiger partial charge in [0.2, 0.25) is 0 Å². The van der Waals surface area contributed by atoms with Gasteiger partial charge in [0, 0.05) is 31.0 Å². The van der Waals surface area contributed by atoms with Crippen molar-refractivity contribution >= 4 is 17.3 Å². The number of carbonyl (C=O) groups is 1. The molecule has 116 valence electrons. The Morgan fingerprint density at radius 3 is 2.67 bits per heavy atom. The summed E-state index contributed by atoms with van der Waals surface area (Å²) in [6.45, 7) is 3.29. The zero-order valence-electron chi connectivity index (χ0n) is 11.9. The Morgan fingerprint density at radius 1 is 1.38 bits per heavy atom. The third kappa shape index (κ3) is 5.01. The maximum Gasteiger partial charge on any atom is 0.336 e. The van der Waals surface area contributed by atoms with Crippen LogP contribution in [0, 0.1) is 17.0 Å². The molecule has 0 aromatic heterocycles. The largest absolute Gasteiger partial charge is 0.478 e. The van der Waals surface area contributed by atoms with Crippen LogP contribution in [0.4, 0.5) is 11.4 Å². The maximum absolute atomic E-state index is 11.0. The third-order valence-corrected chi connectivity index (χ3v) is 2.82. The van der Waals surface area contributed by atoms with Gasteiger partial charge in [0.1, 0.15) is 0 Å². The van der Waals surface area contributed by atoms with Crippen molar-refractivity contribution < 1.29 is 24.3 Å². The number of hydrogen-bond acceptors (Lipinski definition) is 6. The van der Waals surface area contributed by atoms with E-state index in [0.29, 0.717) is 37.6 Å². The van der Waals surface area contributed by atoms with Crippen molar-refractivity contribution in [1.82, 2.24) is 0 Å². The van der Waals surface area contributed by atoms with E-state index < -0.39 is 10.9 Å². The highest BCUT2D eigenvalue weighted by atomic mass is 16.6. The molecule has 0 unspecified atom stereocenters. The molecule has 0 saturated carbocycles. The molecule has 0 fully saturated rings. The molecule has 0 radical (unpaired) electrons. The molecule has 0 spiro atoms. The van der Waals surface area contributed by atoms with Gasteiger partial charge in [-0.25, -0.2) is 4.79 Å². The predicted molar refractivity (Wildman–Crippen MR) is 76.0 cm³/mol. The standard InChI is InChI=1S/C13H18N2O6/c1-9-11(14-3-4-21-6-5-20-2)7-10(13(16)17)8-12(9)15(18)19/h7-8,14H,3-6H2,1-2H3,(H,16,17). The molecule has 0 aliphatic carbocycles. The van der Waals surface area contributed by atoms with E-state index in [1.54, 1.807) is 14.0 Å². The minimum atomic E-state index is -1.21. The number of nitro benzene ring substituents is 1. The van der Waals surface area contributed by atoms with Gasteiger partial charge in [0.05, 0.1) is 30.3 Å². The van der Waals surface area contributed by atoms with Gasteiger partial charge in [-0.05, 0) is 13.0 Å². The number of methoxy groups -OCH3 is 1. The summed E-state index contributed by atoms with van der Waals surface area (Å²) in [6, 6.07) is 2.43. The van der Waals surface area contributed by atoms with E-state index in [4.69, 9.17) is 14.6 Å². The fraction of sp³-hybridized carbons (Fsp3) is 0.462. The van der Waals surface area contributed by atoms with Gasteiger partial charge in [-0.3, -0.25) is 10.1 Å². The second kappa shape index (κ2) is 8.18. The Balaban J connectivity index is 2.76. The van der Waals surface area contributed by atoms with Crippen molar-refractivity contribution in [2.24, 2.45) is 0 Å². The molecule has 8 heteroatoms. The summed E-state index contributed by atoms with van der Waals surface area (Å²) in [5.41, 5.74) is 0.451. The smallest absolute Gasteiger partial charge is 0.336 e. The average molecular weight is 298 g/mol. The van der Waals surface area contributed by atoms with Gasteiger partial charge < -0.3 is 19.9 Å². The first-order valence-electron chi connectivity index (χ1n) is 6.30. The number of carboxylic acid groups (broad SMARTS) is 1. The molecular formula is C13H18N2O6. The highest BCUT2D eigenvalue weighted by Crippen LogP contribution is 2.27. The van der Waals surface area contributed by atoms with E-state index in [9.17, 15) is 14.9 Å². The van der Waals surface area contributed by atoms with E-state index in [-0.39, 0.29) is 11.3 Å². The Labute approximate surface area is 121 Å². The van der Waals surface area contributed by atoms with Gasteiger partial charge in [-0.2, -0.15) is 0 Å². The van der Waals surface area contributed by atoms with Crippen molar-refractivity contribution in [3.05, 3.63) is 33.4 Å². The fourth-order valence-corrected chi connectivity index (χ4v) is 1.70. The van der Waals surface area contributed by atoms with Crippen LogP contribution >= 0.6 is 0 Å². The van der Waals surface area contributed by atoms with Crippen LogP contribution in [0.3, 0.4) is 0 Å². The normalized spacial score (nSPS) is 10.4. The number of benzene rings is 1. The summed E-state index contributed by atoms with van der Waals surface area (Å²) in [4.78, 5) is 21.3. The Morgan fingerprint density at radius 2 is 2.10 bits per heavy atom. The summed E-state index contributed by atoms with van der Waals surface area (Å²) in [5, 5.41) is 22.9. The van der Waals surface area contributed by atoms with Crippen LogP contribution < -0.4 is 5.32 Å². The quantitative estimate of drug-likeness (QED) is 0.405. The molecule has 0 aliphatic heterocycles. The Bertz CT molecular complexity index is 518. The lowest BCUT2D eigenvalue weighted by molar-refractivity contribution is -0.385. The molecule has 0 atom stereocenters. The summed E-state index contributed by atoms with van der Waals surface area (Å²) < 4.78 is 10.1. The number of aromatic carboxylic acids is 1. The van der Waals surface area contributed by atoms with Crippen LogP contribution in [0.25, 0.3) is 0 Å². The topological polar surface area (TPSA) is 111 Å². The average Bonchev–Trinajstić information content (AvgIpc) is 2.43. The molecule has 1 rings (SSSR count). The number of nitrogens with one attached hydrogen (secondary N) is 1. The Hall–Kier alpha value is -2.19. The lowest BCUT2D eigenvalue weighted by Gasteiger charge is -2.11. The van der Waals surface area contributed by atoms with Crippen LogP contribution in [0.15, 0.2) is 12.1 Å². The van der Waals surface area contributed by atoms with E-state index >= 15 is 0 Å². The molecule has 21 heavy (non-hydrogen) atoms. The maximum atomic E-state index is 11.0. The number of hydrogen-bond donors (Lipinski definition) is 2. The second-order valence-electron chi connectivity index (χ2n) is 4.26. The van der Waals surface area contributed by atoms with Gasteiger partial charge in [-0.15, -0.1) is 0 Å². The molecule has 1 aromatic rings. The summed E-state index contributed by atoms with van der Waals surface area (Å²) in [6.07, 6.45) is 0. The van der Waals surface area contributed by atoms with E-state index in [2.05, 4.69) is 5.32 Å². The van der Waals surface area contributed by atoms with E-state index in [1.807, 2.05) is 0 Å². The highest BCUT2D eigenvalue weighted by Gasteiger charge is 2.18. The molecule has 0 amide bonds. The minimum Gasteiger partial charge on any atom is -0.478 e. The first-order chi connectivity index (χ1) is 9.97. The molecule has 0 aliphatic rings. The van der Waals surface area contributed by atoms with Crippen LogP contribution in [0.5, 0.6) is 0 Å². The number of ether oxygens (including phenoxy) is 2. The van der Waals surface area contributed by atoms with Crippen molar-refractivity contribution in [3.63, 3.8) is 0 Å². The summed E-state index contributed by atoms with van der Waals surface area (Å²) >= 11 is 0. The molecular weight excluding hydrogens is 280 g/mol. The first kappa shape index (κ1) is 16.9. The van der Waals surface area contributed by atoms with Crippen LogP contribution in [-0.2, 0) is 9.47 Å². The fourth-order valence-electron chi connectivity index (χ4n) is 1.70.